The topological polar surface area (TPSA) is 55.1 Å². The largest absolute Gasteiger partial charge is 0.361 e. The zero-order chi connectivity index (χ0) is 12.4. The minimum absolute atomic E-state index is 0.123. The average molecular weight is 234 g/mol. The Morgan fingerprint density at radius 3 is 2.65 bits per heavy atom. The van der Waals surface area contributed by atoms with Gasteiger partial charge in [0.2, 0.25) is 0 Å². The molecule has 0 radical (unpaired) electrons. The molecular formula is C12H11FN2O2. The van der Waals surface area contributed by atoms with Crippen molar-refractivity contribution in [2.45, 2.75) is 13.8 Å². The van der Waals surface area contributed by atoms with Crippen molar-refractivity contribution in [1.29, 1.82) is 0 Å². The van der Waals surface area contributed by atoms with Crippen LogP contribution in [0.1, 0.15) is 21.8 Å². The van der Waals surface area contributed by atoms with E-state index in [4.69, 9.17) is 4.52 Å². The molecule has 0 aliphatic heterocycles. The van der Waals surface area contributed by atoms with Crippen molar-refractivity contribution < 1.29 is 13.7 Å². The highest BCUT2D eigenvalue weighted by Crippen LogP contribution is 2.16. The van der Waals surface area contributed by atoms with E-state index >= 15 is 0 Å². The Hall–Kier alpha value is -2.17. The zero-order valence-corrected chi connectivity index (χ0v) is 9.45. The van der Waals surface area contributed by atoms with Crippen LogP contribution in [0, 0.1) is 19.7 Å². The number of carbonyl (C=O) groups excluding carboxylic acids is 1. The summed E-state index contributed by atoms with van der Waals surface area (Å²) in [5.41, 5.74) is 0.946. The third-order valence-electron chi connectivity index (χ3n) is 2.49. The number of amides is 1. The van der Waals surface area contributed by atoms with Crippen molar-refractivity contribution in [2.75, 3.05) is 5.32 Å². The van der Waals surface area contributed by atoms with Crippen LogP contribution in [-0.2, 0) is 0 Å². The van der Waals surface area contributed by atoms with Crippen molar-refractivity contribution in [3.05, 3.63) is 47.1 Å². The number of para-hydroxylation sites is 1. The van der Waals surface area contributed by atoms with Crippen LogP contribution in [0.2, 0.25) is 0 Å². The molecule has 0 fully saturated rings. The van der Waals surface area contributed by atoms with Gasteiger partial charge in [-0.05, 0) is 26.0 Å². The van der Waals surface area contributed by atoms with Crippen LogP contribution in [0.4, 0.5) is 10.1 Å². The first-order chi connectivity index (χ1) is 8.09. The number of aromatic nitrogens is 1. The van der Waals surface area contributed by atoms with Crippen molar-refractivity contribution in [3.8, 4) is 0 Å². The second-order valence-electron chi connectivity index (χ2n) is 3.65. The summed E-state index contributed by atoms with van der Waals surface area (Å²) in [7, 11) is 0. The summed E-state index contributed by atoms with van der Waals surface area (Å²) in [6.07, 6.45) is 0. The van der Waals surface area contributed by atoms with Crippen LogP contribution in [0.3, 0.4) is 0 Å². The number of benzene rings is 1. The first-order valence-electron chi connectivity index (χ1n) is 5.08. The van der Waals surface area contributed by atoms with Crippen molar-refractivity contribution in [1.82, 2.24) is 5.16 Å². The molecule has 2 aromatic rings. The summed E-state index contributed by atoms with van der Waals surface area (Å²) in [6.45, 7) is 3.43. The quantitative estimate of drug-likeness (QED) is 0.869. The van der Waals surface area contributed by atoms with E-state index in [0.717, 1.165) is 0 Å². The van der Waals surface area contributed by atoms with Gasteiger partial charge in [-0.3, -0.25) is 4.79 Å². The van der Waals surface area contributed by atoms with E-state index < -0.39 is 11.7 Å². The molecule has 0 spiro atoms. The summed E-state index contributed by atoms with van der Waals surface area (Å²) >= 11 is 0. The number of anilines is 1. The first kappa shape index (κ1) is 11.3. The highest BCUT2D eigenvalue weighted by Gasteiger charge is 2.17. The van der Waals surface area contributed by atoms with Gasteiger partial charge in [-0.2, -0.15) is 0 Å². The lowest BCUT2D eigenvalue weighted by atomic mass is 10.2. The van der Waals surface area contributed by atoms with Crippen LogP contribution in [0.15, 0.2) is 28.8 Å². The zero-order valence-electron chi connectivity index (χ0n) is 9.45. The lowest BCUT2D eigenvalue weighted by Crippen LogP contribution is -2.14. The Kier molecular flexibility index (Phi) is 2.91. The lowest BCUT2D eigenvalue weighted by Gasteiger charge is -2.04. The van der Waals surface area contributed by atoms with Gasteiger partial charge in [-0.1, -0.05) is 17.3 Å². The fourth-order valence-corrected chi connectivity index (χ4v) is 1.37. The van der Waals surface area contributed by atoms with E-state index in [2.05, 4.69) is 10.5 Å². The van der Waals surface area contributed by atoms with Gasteiger partial charge >= 0.3 is 0 Å². The summed E-state index contributed by atoms with van der Waals surface area (Å²) < 4.78 is 18.2. The molecule has 0 saturated heterocycles. The summed E-state index contributed by atoms with van der Waals surface area (Å²) in [4.78, 5) is 11.8. The highest BCUT2D eigenvalue weighted by molar-refractivity contribution is 6.03. The summed E-state index contributed by atoms with van der Waals surface area (Å²) in [5.74, 6) is -0.396. The average Bonchev–Trinajstić information content (AvgIpc) is 2.63. The Morgan fingerprint density at radius 2 is 2.06 bits per heavy atom. The number of rotatable bonds is 2. The van der Waals surface area contributed by atoms with Crippen LogP contribution in [0.25, 0.3) is 0 Å². The van der Waals surface area contributed by atoms with E-state index in [1.165, 1.54) is 12.1 Å². The molecule has 0 saturated carbocycles. The van der Waals surface area contributed by atoms with Gasteiger partial charge in [0.1, 0.15) is 11.6 Å². The molecule has 0 unspecified atom stereocenters. The lowest BCUT2D eigenvalue weighted by molar-refractivity contribution is 0.101. The minimum Gasteiger partial charge on any atom is -0.361 e. The monoisotopic (exact) mass is 234 g/mol. The molecule has 0 bridgehead atoms. The Labute approximate surface area is 97.4 Å². The molecule has 1 heterocycles. The van der Waals surface area contributed by atoms with E-state index in [-0.39, 0.29) is 11.4 Å². The van der Waals surface area contributed by atoms with Gasteiger partial charge in [-0.25, -0.2) is 4.39 Å². The van der Waals surface area contributed by atoms with Crippen LogP contribution >= 0.6 is 0 Å². The van der Waals surface area contributed by atoms with Crippen molar-refractivity contribution in [2.24, 2.45) is 0 Å². The number of carbonyl (C=O) groups is 1. The molecule has 0 atom stereocenters. The van der Waals surface area contributed by atoms with Crippen LogP contribution < -0.4 is 5.32 Å². The third-order valence-corrected chi connectivity index (χ3v) is 2.49. The number of halogens is 1. The Balaban J connectivity index is 2.23. The van der Waals surface area contributed by atoms with Gasteiger partial charge in [0, 0.05) is 5.56 Å². The second-order valence-corrected chi connectivity index (χ2v) is 3.65. The van der Waals surface area contributed by atoms with Crippen molar-refractivity contribution in [3.63, 3.8) is 0 Å². The molecular weight excluding hydrogens is 223 g/mol. The number of nitrogens with zero attached hydrogens (tertiary/aromatic N) is 1. The van der Waals surface area contributed by atoms with Gasteiger partial charge in [-0.15, -0.1) is 0 Å². The number of nitrogens with one attached hydrogen (secondary N) is 1. The molecule has 1 N–H and O–H groups in total. The molecule has 0 aliphatic rings. The minimum atomic E-state index is -0.487. The predicted molar refractivity (Wildman–Crippen MR) is 60.3 cm³/mol. The van der Waals surface area contributed by atoms with E-state index in [0.29, 0.717) is 11.3 Å². The Morgan fingerprint density at radius 1 is 1.35 bits per heavy atom. The van der Waals surface area contributed by atoms with Gasteiger partial charge in [0.15, 0.2) is 5.69 Å². The maximum atomic E-state index is 13.3. The normalized spacial score (nSPS) is 10.3. The molecule has 2 rings (SSSR count). The molecule has 4 nitrogen and oxygen atoms in total. The third kappa shape index (κ3) is 2.18. The molecule has 5 heteroatoms. The summed E-state index contributed by atoms with van der Waals surface area (Å²) in [5, 5.41) is 6.08. The highest BCUT2D eigenvalue weighted by atomic mass is 19.1. The molecule has 0 aliphatic carbocycles. The van der Waals surface area contributed by atoms with E-state index in [1.807, 2.05) is 0 Å². The Bertz CT molecular complexity index is 563. The van der Waals surface area contributed by atoms with Crippen molar-refractivity contribution >= 4 is 11.6 Å². The maximum Gasteiger partial charge on any atom is 0.278 e. The fourth-order valence-electron chi connectivity index (χ4n) is 1.37. The number of aryl methyl sites for hydroxylation is 1. The van der Waals surface area contributed by atoms with Gasteiger partial charge in [0.05, 0.1) is 5.69 Å². The van der Waals surface area contributed by atoms with Crippen LogP contribution in [0.5, 0.6) is 0 Å². The van der Waals surface area contributed by atoms with Crippen LogP contribution in [-0.4, -0.2) is 11.1 Å². The van der Waals surface area contributed by atoms with E-state index in [9.17, 15) is 9.18 Å². The molecule has 1 amide bonds. The smallest absolute Gasteiger partial charge is 0.278 e. The fraction of sp³-hybridized carbons (Fsp3) is 0.167. The SMILES string of the molecule is Cc1onc(C(=O)Nc2ccccc2F)c1C. The number of hydrogen-bond acceptors (Lipinski definition) is 3. The number of hydrogen-bond donors (Lipinski definition) is 1. The standard InChI is InChI=1S/C12H11FN2O2/c1-7-8(2)17-15-11(7)12(16)14-10-6-4-3-5-9(10)13/h3-6H,1-2H3,(H,14,16). The predicted octanol–water partition coefficient (Wildman–Crippen LogP) is 2.68. The molecule has 88 valence electrons. The molecule has 1 aromatic carbocycles. The summed E-state index contributed by atoms with van der Waals surface area (Å²) in [6, 6.07) is 5.95. The first-order valence-corrected chi connectivity index (χ1v) is 5.08. The molecule has 17 heavy (non-hydrogen) atoms. The second kappa shape index (κ2) is 4.37. The molecule has 1 aromatic heterocycles. The maximum absolute atomic E-state index is 13.3. The van der Waals surface area contributed by atoms with Gasteiger partial charge in [0.25, 0.3) is 5.91 Å². The van der Waals surface area contributed by atoms with E-state index in [1.54, 1.807) is 26.0 Å². The van der Waals surface area contributed by atoms with Gasteiger partial charge < -0.3 is 9.84 Å².